The van der Waals surface area contributed by atoms with Crippen LogP contribution in [0.1, 0.15) is 16.7 Å². The zero-order valence-electron chi connectivity index (χ0n) is 13.2. The smallest absolute Gasteiger partial charge is 0.276 e. The Morgan fingerprint density at radius 1 is 1.17 bits per heavy atom. The maximum Gasteiger partial charge on any atom is 0.276 e. The number of hydrogen-bond donors (Lipinski definition) is 2. The average molecular weight is 406 g/mol. The first-order chi connectivity index (χ1) is 11.4. The maximum atomic E-state index is 12.4. The SMILES string of the molecule is Cc1ccc(C)c(S(=O)(=O)N/N=C/c2c[nH]c3ccc(Br)cc23)c1. The molecule has 2 aromatic carbocycles. The molecular formula is C17H16BrN3O2S. The number of benzene rings is 2. The van der Waals surface area contributed by atoms with Crippen molar-refractivity contribution < 1.29 is 8.42 Å². The van der Waals surface area contributed by atoms with Crippen molar-refractivity contribution in [2.45, 2.75) is 18.7 Å². The van der Waals surface area contributed by atoms with Gasteiger partial charge in [0.15, 0.2) is 0 Å². The predicted molar refractivity (Wildman–Crippen MR) is 99.8 cm³/mol. The van der Waals surface area contributed by atoms with Crippen LogP contribution >= 0.6 is 15.9 Å². The van der Waals surface area contributed by atoms with Crippen molar-refractivity contribution in [2.75, 3.05) is 0 Å². The van der Waals surface area contributed by atoms with Gasteiger partial charge in [-0.3, -0.25) is 0 Å². The first-order valence-corrected chi connectivity index (χ1v) is 9.53. The molecule has 0 unspecified atom stereocenters. The number of rotatable bonds is 4. The molecule has 3 aromatic rings. The molecule has 0 spiro atoms. The minimum absolute atomic E-state index is 0.237. The number of sulfonamides is 1. The molecule has 0 saturated carbocycles. The summed E-state index contributed by atoms with van der Waals surface area (Å²) in [6, 6.07) is 11.1. The van der Waals surface area contributed by atoms with E-state index in [0.29, 0.717) is 5.56 Å². The van der Waals surface area contributed by atoms with Gasteiger partial charge in [0.25, 0.3) is 10.0 Å². The Balaban J connectivity index is 1.87. The third-order valence-corrected chi connectivity index (χ3v) is 5.54. The number of nitrogens with zero attached hydrogens (tertiary/aromatic N) is 1. The van der Waals surface area contributed by atoms with E-state index in [1.807, 2.05) is 31.2 Å². The van der Waals surface area contributed by atoms with Crippen molar-refractivity contribution in [2.24, 2.45) is 5.10 Å². The van der Waals surface area contributed by atoms with Gasteiger partial charge in [-0.15, -0.1) is 0 Å². The zero-order chi connectivity index (χ0) is 17.3. The Kier molecular flexibility index (Phi) is 4.47. The highest BCUT2D eigenvalue weighted by molar-refractivity contribution is 9.10. The fourth-order valence-corrected chi connectivity index (χ4v) is 3.92. The molecule has 1 aromatic heterocycles. The third kappa shape index (κ3) is 3.37. The first kappa shape index (κ1) is 16.7. The molecule has 0 bridgehead atoms. The number of halogens is 1. The molecule has 124 valence electrons. The lowest BCUT2D eigenvalue weighted by atomic mass is 10.2. The molecule has 0 amide bonds. The largest absolute Gasteiger partial charge is 0.361 e. The summed E-state index contributed by atoms with van der Waals surface area (Å²) >= 11 is 3.43. The second-order valence-corrected chi connectivity index (χ2v) is 8.10. The molecule has 2 N–H and O–H groups in total. The third-order valence-electron chi connectivity index (χ3n) is 3.69. The quantitative estimate of drug-likeness (QED) is 0.510. The van der Waals surface area contributed by atoms with Crippen molar-refractivity contribution in [3.8, 4) is 0 Å². The summed E-state index contributed by atoms with van der Waals surface area (Å²) in [4.78, 5) is 5.64. The van der Waals surface area contributed by atoms with E-state index in [9.17, 15) is 8.42 Å². The Hall–Kier alpha value is -2.12. The van der Waals surface area contributed by atoms with Gasteiger partial charge in [-0.2, -0.15) is 13.5 Å². The van der Waals surface area contributed by atoms with Crippen LogP contribution in [0.15, 0.2) is 57.1 Å². The van der Waals surface area contributed by atoms with E-state index in [0.717, 1.165) is 26.5 Å². The summed E-state index contributed by atoms with van der Waals surface area (Å²) in [7, 11) is -3.70. The van der Waals surface area contributed by atoms with Gasteiger partial charge < -0.3 is 4.98 Å². The summed E-state index contributed by atoms with van der Waals surface area (Å²) in [6.07, 6.45) is 3.28. The molecular weight excluding hydrogens is 390 g/mol. The van der Waals surface area contributed by atoms with Crippen LogP contribution in [0.25, 0.3) is 10.9 Å². The summed E-state index contributed by atoms with van der Waals surface area (Å²) in [5, 5.41) is 4.87. The van der Waals surface area contributed by atoms with Crippen molar-refractivity contribution >= 4 is 43.1 Å². The van der Waals surface area contributed by atoms with Crippen molar-refractivity contribution in [3.05, 3.63) is 63.8 Å². The zero-order valence-corrected chi connectivity index (χ0v) is 15.6. The van der Waals surface area contributed by atoms with Crippen LogP contribution in [0.4, 0.5) is 0 Å². The normalized spacial score (nSPS) is 12.1. The van der Waals surface area contributed by atoms with E-state index >= 15 is 0 Å². The number of aromatic nitrogens is 1. The van der Waals surface area contributed by atoms with Gasteiger partial charge in [0.1, 0.15) is 0 Å². The summed E-state index contributed by atoms with van der Waals surface area (Å²) in [5.74, 6) is 0. The topological polar surface area (TPSA) is 74.3 Å². The average Bonchev–Trinajstić information content (AvgIpc) is 2.92. The Morgan fingerprint density at radius 3 is 2.75 bits per heavy atom. The molecule has 5 nitrogen and oxygen atoms in total. The van der Waals surface area contributed by atoms with Crippen LogP contribution in [0.3, 0.4) is 0 Å². The van der Waals surface area contributed by atoms with Crippen LogP contribution < -0.4 is 4.83 Å². The Labute approximate surface area is 149 Å². The standard InChI is InChI=1S/C17H16BrN3O2S/c1-11-3-4-12(2)17(7-11)24(22,23)21-20-10-13-9-19-16-6-5-14(18)8-15(13)16/h3-10,19,21H,1-2H3/b20-10+. The van der Waals surface area contributed by atoms with Gasteiger partial charge in [-0.05, 0) is 49.2 Å². The number of aromatic amines is 1. The van der Waals surface area contributed by atoms with Crippen LogP contribution in [-0.2, 0) is 10.0 Å². The lowest BCUT2D eigenvalue weighted by Crippen LogP contribution is -2.19. The second-order valence-electron chi connectivity index (χ2n) is 5.56. The maximum absolute atomic E-state index is 12.4. The Morgan fingerprint density at radius 2 is 1.96 bits per heavy atom. The first-order valence-electron chi connectivity index (χ1n) is 7.25. The van der Waals surface area contributed by atoms with E-state index in [1.165, 1.54) is 6.21 Å². The van der Waals surface area contributed by atoms with Crippen LogP contribution in [0.2, 0.25) is 0 Å². The second kappa shape index (κ2) is 6.41. The van der Waals surface area contributed by atoms with Gasteiger partial charge in [0.05, 0.1) is 11.1 Å². The highest BCUT2D eigenvalue weighted by Gasteiger charge is 2.15. The minimum atomic E-state index is -3.70. The molecule has 0 radical (unpaired) electrons. The van der Waals surface area contributed by atoms with E-state index in [4.69, 9.17) is 0 Å². The molecule has 0 atom stereocenters. The molecule has 0 aliphatic rings. The van der Waals surface area contributed by atoms with Crippen molar-refractivity contribution in [1.82, 2.24) is 9.82 Å². The molecule has 24 heavy (non-hydrogen) atoms. The van der Waals surface area contributed by atoms with Crippen LogP contribution in [0.5, 0.6) is 0 Å². The molecule has 0 saturated heterocycles. The summed E-state index contributed by atoms with van der Waals surface area (Å²) in [5.41, 5.74) is 3.32. The van der Waals surface area contributed by atoms with E-state index in [-0.39, 0.29) is 4.90 Å². The van der Waals surface area contributed by atoms with Crippen LogP contribution in [-0.4, -0.2) is 19.6 Å². The minimum Gasteiger partial charge on any atom is -0.361 e. The Bertz CT molecular complexity index is 1040. The predicted octanol–water partition coefficient (Wildman–Crippen LogP) is 3.86. The molecule has 1 heterocycles. The fraction of sp³-hybridized carbons (Fsp3) is 0.118. The van der Waals surface area contributed by atoms with Gasteiger partial charge in [0.2, 0.25) is 0 Å². The van der Waals surface area contributed by atoms with Gasteiger partial charge >= 0.3 is 0 Å². The van der Waals surface area contributed by atoms with E-state index in [1.54, 1.807) is 25.3 Å². The molecule has 0 fully saturated rings. The summed E-state index contributed by atoms with van der Waals surface area (Å²) in [6.45, 7) is 3.61. The number of hydrogen-bond acceptors (Lipinski definition) is 3. The van der Waals surface area contributed by atoms with Crippen LogP contribution in [0, 0.1) is 13.8 Å². The molecule has 0 aliphatic carbocycles. The number of fused-ring (bicyclic) bond motifs is 1. The highest BCUT2D eigenvalue weighted by Crippen LogP contribution is 2.21. The lowest BCUT2D eigenvalue weighted by Gasteiger charge is -2.07. The molecule has 7 heteroatoms. The number of H-pyrrole nitrogens is 1. The monoisotopic (exact) mass is 405 g/mol. The van der Waals surface area contributed by atoms with E-state index < -0.39 is 10.0 Å². The highest BCUT2D eigenvalue weighted by atomic mass is 79.9. The van der Waals surface area contributed by atoms with Gasteiger partial charge in [-0.25, -0.2) is 4.83 Å². The number of hydrazone groups is 1. The molecule has 0 aliphatic heterocycles. The lowest BCUT2D eigenvalue weighted by molar-refractivity contribution is 0.584. The summed E-state index contributed by atoms with van der Waals surface area (Å²) < 4.78 is 25.8. The number of aryl methyl sites for hydroxylation is 2. The fourth-order valence-electron chi connectivity index (χ4n) is 2.43. The van der Waals surface area contributed by atoms with Crippen molar-refractivity contribution in [1.29, 1.82) is 0 Å². The van der Waals surface area contributed by atoms with Gasteiger partial charge in [-0.1, -0.05) is 28.1 Å². The number of nitrogens with one attached hydrogen (secondary N) is 2. The van der Waals surface area contributed by atoms with E-state index in [2.05, 4.69) is 30.8 Å². The molecule has 3 rings (SSSR count). The van der Waals surface area contributed by atoms with Gasteiger partial charge in [0, 0.05) is 27.1 Å². The van der Waals surface area contributed by atoms with Crippen molar-refractivity contribution in [3.63, 3.8) is 0 Å².